The molecule has 2 heterocycles. The van der Waals surface area contributed by atoms with E-state index in [1.54, 1.807) is 18.4 Å². The number of aliphatic imine (C=N–C) groups is 1. The van der Waals surface area contributed by atoms with Gasteiger partial charge in [-0.2, -0.15) is 0 Å². The second-order valence-corrected chi connectivity index (χ2v) is 6.94. The van der Waals surface area contributed by atoms with Crippen LogP contribution in [0.1, 0.15) is 18.4 Å². The lowest BCUT2D eigenvalue weighted by molar-refractivity contribution is 0.462. The fraction of sp³-hybridized carbons (Fsp3) is 0.389. The van der Waals surface area contributed by atoms with Crippen LogP contribution in [0.5, 0.6) is 0 Å². The topological polar surface area (TPSA) is 39.7 Å². The first kappa shape index (κ1) is 17.7. The zero-order chi connectivity index (χ0) is 17.6. The highest BCUT2D eigenvalue weighted by atomic mass is 32.1. The highest BCUT2D eigenvalue weighted by molar-refractivity contribution is 7.14. The molecule has 2 N–H and O–H groups in total. The van der Waals surface area contributed by atoms with E-state index in [9.17, 15) is 8.78 Å². The Morgan fingerprint density at radius 2 is 2.08 bits per heavy atom. The van der Waals surface area contributed by atoms with Gasteiger partial charge in [0, 0.05) is 38.3 Å². The van der Waals surface area contributed by atoms with Gasteiger partial charge in [-0.25, -0.2) is 8.78 Å². The molecule has 0 atom stereocenters. The molecule has 1 fully saturated rings. The number of anilines is 1. The van der Waals surface area contributed by atoms with Crippen LogP contribution in [0.3, 0.4) is 0 Å². The summed E-state index contributed by atoms with van der Waals surface area (Å²) in [6.07, 6.45) is 2.01. The van der Waals surface area contributed by atoms with E-state index in [4.69, 9.17) is 0 Å². The first-order valence-electron chi connectivity index (χ1n) is 8.35. The largest absolute Gasteiger partial charge is 0.363 e. The van der Waals surface area contributed by atoms with Gasteiger partial charge in [0.1, 0.15) is 11.6 Å². The van der Waals surface area contributed by atoms with Gasteiger partial charge in [-0.3, -0.25) is 4.99 Å². The number of piperidine rings is 1. The molecule has 25 heavy (non-hydrogen) atoms. The summed E-state index contributed by atoms with van der Waals surface area (Å²) in [5, 5.41) is 9.84. The summed E-state index contributed by atoms with van der Waals surface area (Å²) in [4.78, 5) is 6.57. The van der Waals surface area contributed by atoms with Gasteiger partial charge in [0.2, 0.25) is 0 Å². The number of thiophene rings is 1. The second kappa shape index (κ2) is 8.29. The van der Waals surface area contributed by atoms with Crippen LogP contribution in [0.25, 0.3) is 0 Å². The van der Waals surface area contributed by atoms with Gasteiger partial charge in [0.25, 0.3) is 0 Å². The van der Waals surface area contributed by atoms with Gasteiger partial charge < -0.3 is 15.5 Å². The van der Waals surface area contributed by atoms with Gasteiger partial charge in [-0.05, 0) is 48.6 Å². The Kier molecular flexibility index (Phi) is 5.86. The minimum atomic E-state index is -0.443. The molecule has 0 radical (unpaired) electrons. The van der Waals surface area contributed by atoms with Crippen molar-refractivity contribution in [2.24, 2.45) is 4.99 Å². The summed E-state index contributed by atoms with van der Waals surface area (Å²) in [6.45, 7) is 2.18. The number of hydrogen-bond acceptors (Lipinski definition) is 3. The van der Waals surface area contributed by atoms with Crippen LogP contribution in [0.4, 0.5) is 13.8 Å². The number of guanidine groups is 1. The number of nitrogens with zero attached hydrogens (tertiary/aromatic N) is 2. The summed E-state index contributed by atoms with van der Waals surface area (Å²) in [5.41, 5.74) is 0.287. The second-order valence-electron chi connectivity index (χ2n) is 6.02. The third-order valence-corrected chi connectivity index (χ3v) is 5.26. The highest BCUT2D eigenvalue weighted by Crippen LogP contribution is 2.24. The standard InChI is InChI=1S/C18H22F2N4S/c1-21-18(22-12-13-11-14(19)4-5-16(13)20)23-15-6-8-24(9-7-15)17-3-2-10-25-17/h2-5,10-11,15H,6-9,12H2,1H3,(H2,21,22,23). The molecule has 2 aromatic rings. The summed E-state index contributed by atoms with van der Waals surface area (Å²) in [5.74, 6) is -0.256. The van der Waals surface area contributed by atoms with E-state index in [1.165, 1.54) is 11.1 Å². The first-order valence-corrected chi connectivity index (χ1v) is 9.23. The van der Waals surface area contributed by atoms with Gasteiger partial charge in [-0.15, -0.1) is 11.3 Å². The van der Waals surface area contributed by atoms with E-state index < -0.39 is 11.6 Å². The monoisotopic (exact) mass is 364 g/mol. The molecule has 0 amide bonds. The Bertz CT molecular complexity index is 710. The van der Waals surface area contributed by atoms with Crippen molar-refractivity contribution in [3.63, 3.8) is 0 Å². The van der Waals surface area contributed by atoms with Crippen LogP contribution in [0, 0.1) is 11.6 Å². The maximum atomic E-state index is 13.7. The van der Waals surface area contributed by atoms with Crippen molar-refractivity contribution in [3.8, 4) is 0 Å². The minimum Gasteiger partial charge on any atom is -0.363 e. The quantitative estimate of drug-likeness (QED) is 0.646. The van der Waals surface area contributed by atoms with E-state index in [0.29, 0.717) is 12.0 Å². The lowest BCUT2D eigenvalue weighted by atomic mass is 10.1. The van der Waals surface area contributed by atoms with Crippen molar-refractivity contribution in [2.75, 3.05) is 25.0 Å². The molecule has 7 heteroatoms. The summed E-state index contributed by atoms with van der Waals surface area (Å²) < 4.78 is 26.9. The normalized spacial score (nSPS) is 16.1. The van der Waals surface area contributed by atoms with Crippen molar-refractivity contribution in [3.05, 3.63) is 52.9 Å². The van der Waals surface area contributed by atoms with Crippen molar-refractivity contribution >= 4 is 22.3 Å². The maximum Gasteiger partial charge on any atom is 0.191 e. The zero-order valence-corrected chi connectivity index (χ0v) is 15.0. The van der Waals surface area contributed by atoms with Crippen LogP contribution < -0.4 is 15.5 Å². The van der Waals surface area contributed by atoms with E-state index in [1.807, 2.05) is 0 Å². The van der Waals surface area contributed by atoms with Gasteiger partial charge in [0.15, 0.2) is 5.96 Å². The molecule has 4 nitrogen and oxygen atoms in total. The van der Waals surface area contributed by atoms with Gasteiger partial charge in [-0.1, -0.05) is 0 Å². The molecule has 0 bridgehead atoms. The Morgan fingerprint density at radius 3 is 2.76 bits per heavy atom. The summed E-state index contributed by atoms with van der Waals surface area (Å²) in [6, 6.07) is 8.00. The van der Waals surface area contributed by atoms with Gasteiger partial charge in [0.05, 0.1) is 5.00 Å². The molecule has 1 aliphatic heterocycles. The first-order chi connectivity index (χ1) is 12.2. The van der Waals surface area contributed by atoms with E-state index in [0.717, 1.165) is 38.1 Å². The van der Waals surface area contributed by atoms with Crippen molar-refractivity contribution in [1.82, 2.24) is 10.6 Å². The number of rotatable bonds is 4. The molecule has 1 aromatic heterocycles. The zero-order valence-electron chi connectivity index (χ0n) is 14.1. The minimum absolute atomic E-state index is 0.192. The average Bonchev–Trinajstić information content (AvgIpc) is 3.16. The number of hydrogen-bond donors (Lipinski definition) is 2. The lowest BCUT2D eigenvalue weighted by Gasteiger charge is -2.33. The maximum absolute atomic E-state index is 13.7. The summed E-state index contributed by atoms with van der Waals surface area (Å²) >= 11 is 1.76. The lowest BCUT2D eigenvalue weighted by Crippen LogP contribution is -2.48. The van der Waals surface area contributed by atoms with E-state index >= 15 is 0 Å². The predicted molar refractivity (Wildman–Crippen MR) is 99.2 cm³/mol. The Hall–Kier alpha value is -2.15. The Balaban J connectivity index is 1.49. The molecule has 1 aliphatic rings. The Labute approximate surface area is 150 Å². The Morgan fingerprint density at radius 1 is 1.28 bits per heavy atom. The summed E-state index contributed by atoms with van der Waals surface area (Å²) in [7, 11) is 1.68. The molecule has 0 unspecified atom stereocenters. The van der Waals surface area contributed by atoms with Crippen molar-refractivity contribution in [2.45, 2.75) is 25.4 Å². The number of nitrogens with one attached hydrogen (secondary N) is 2. The fourth-order valence-corrected chi connectivity index (χ4v) is 3.73. The van der Waals surface area contributed by atoms with Crippen LogP contribution in [0.2, 0.25) is 0 Å². The predicted octanol–water partition coefficient (Wildman–Crippen LogP) is 3.36. The highest BCUT2D eigenvalue weighted by Gasteiger charge is 2.20. The molecular formula is C18H22F2N4S. The van der Waals surface area contributed by atoms with Crippen LogP contribution >= 0.6 is 11.3 Å². The van der Waals surface area contributed by atoms with Crippen LogP contribution in [-0.4, -0.2) is 32.1 Å². The smallest absolute Gasteiger partial charge is 0.191 e. The molecule has 134 valence electrons. The van der Waals surface area contributed by atoms with E-state index in [-0.39, 0.29) is 12.1 Å². The molecule has 1 saturated heterocycles. The van der Waals surface area contributed by atoms with E-state index in [2.05, 4.69) is 38.0 Å². The number of benzene rings is 1. The molecule has 1 aromatic carbocycles. The molecule has 0 saturated carbocycles. The molecule has 3 rings (SSSR count). The average molecular weight is 364 g/mol. The van der Waals surface area contributed by atoms with Crippen molar-refractivity contribution < 1.29 is 8.78 Å². The third-order valence-electron chi connectivity index (χ3n) is 4.33. The molecule has 0 spiro atoms. The third kappa shape index (κ3) is 4.69. The number of halogens is 2. The van der Waals surface area contributed by atoms with Crippen LogP contribution in [-0.2, 0) is 6.54 Å². The fourth-order valence-electron chi connectivity index (χ4n) is 2.94. The SMILES string of the molecule is CN=C(NCc1cc(F)ccc1F)NC1CCN(c2cccs2)CC1. The molecule has 0 aliphatic carbocycles. The van der Waals surface area contributed by atoms with Gasteiger partial charge >= 0.3 is 0 Å². The molecular weight excluding hydrogens is 342 g/mol. The van der Waals surface area contributed by atoms with Crippen molar-refractivity contribution in [1.29, 1.82) is 0 Å². The van der Waals surface area contributed by atoms with Crippen LogP contribution in [0.15, 0.2) is 40.7 Å².